The molecule has 186 valence electrons. The van der Waals surface area contributed by atoms with Crippen molar-refractivity contribution in [1.82, 2.24) is 25.1 Å². The van der Waals surface area contributed by atoms with Crippen LogP contribution in [0.5, 0.6) is 5.75 Å². The molecule has 0 spiro atoms. The van der Waals surface area contributed by atoms with Crippen LogP contribution in [0.2, 0.25) is 5.28 Å². The number of nitrogens with zero attached hydrogens (tertiary/aromatic N) is 5. The molecule has 10 nitrogen and oxygen atoms in total. The van der Waals surface area contributed by atoms with E-state index in [1.165, 1.54) is 0 Å². The van der Waals surface area contributed by atoms with Crippen molar-refractivity contribution in [3.8, 4) is 17.2 Å². The zero-order valence-corrected chi connectivity index (χ0v) is 21.0. The number of rotatable bonds is 8. The lowest BCUT2D eigenvalue weighted by Gasteiger charge is -2.27. The number of nitrogens with one attached hydrogen (secondary N) is 1. The first-order valence-electron chi connectivity index (χ1n) is 11.7. The van der Waals surface area contributed by atoms with Crippen LogP contribution in [-0.2, 0) is 11.3 Å². The molecule has 3 aromatic heterocycles. The number of carboxylic acid groups (broad SMARTS) is 1. The normalized spacial score (nSPS) is 18.0. The molecule has 1 aliphatic carbocycles. The number of pyridine rings is 1. The highest BCUT2D eigenvalue weighted by atomic mass is 35.5. The number of ether oxygens (including phenoxy) is 1. The molecule has 1 fully saturated rings. The molecular weight excluding hydrogens is 472 g/mol. The minimum atomic E-state index is -0.759. The number of anilines is 1. The lowest BCUT2D eigenvalue weighted by Crippen LogP contribution is -2.29. The summed E-state index contributed by atoms with van der Waals surface area (Å²) < 4.78 is 11.7. The third kappa shape index (κ3) is 5.87. The fraction of sp³-hybridized carbons (Fsp3) is 0.500. The van der Waals surface area contributed by atoms with Crippen molar-refractivity contribution < 1.29 is 19.2 Å². The molecule has 4 rings (SSSR count). The minimum absolute atomic E-state index is 0.112. The summed E-state index contributed by atoms with van der Waals surface area (Å²) in [6.45, 7) is 8.05. The first kappa shape index (κ1) is 24.8. The average Bonchev–Trinajstić information content (AvgIpc) is 3.19. The van der Waals surface area contributed by atoms with E-state index < -0.39 is 5.97 Å². The summed E-state index contributed by atoms with van der Waals surface area (Å²) in [6, 6.07) is 3.66. The van der Waals surface area contributed by atoms with Gasteiger partial charge in [0.05, 0.1) is 23.4 Å². The second-order valence-electron chi connectivity index (χ2n) is 9.09. The molecule has 3 heterocycles. The molecule has 0 aromatic carbocycles. The van der Waals surface area contributed by atoms with Gasteiger partial charge >= 0.3 is 5.97 Å². The molecule has 1 aliphatic rings. The van der Waals surface area contributed by atoms with Crippen molar-refractivity contribution in [1.29, 1.82) is 0 Å². The van der Waals surface area contributed by atoms with E-state index in [0.717, 1.165) is 24.1 Å². The number of aryl methyl sites for hydroxylation is 2. The van der Waals surface area contributed by atoms with Gasteiger partial charge in [-0.25, -0.2) is 9.97 Å². The fourth-order valence-corrected chi connectivity index (χ4v) is 4.29. The van der Waals surface area contributed by atoms with Crippen LogP contribution >= 0.6 is 11.6 Å². The third-order valence-electron chi connectivity index (χ3n) is 6.09. The van der Waals surface area contributed by atoms with Crippen LogP contribution in [-0.4, -0.2) is 42.3 Å². The number of carbonyl (C=O) groups is 1. The maximum atomic E-state index is 11.4. The Hall–Kier alpha value is -3.27. The molecule has 11 heteroatoms. The van der Waals surface area contributed by atoms with Crippen LogP contribution in [0.1, 0.15) is 68.2 Å². The van der Waals surface area contributed by atoms with Crippen LogP contribution < -0.4 is 10.1 Å². The molecule has 0 radical (unpaired) electrons. The molecule has 1 saturated carbocycles. The van der Waals surface area contributed by atoms with E-state index in [1.807, 2.05) is 39.8 Å². The van der Waals surface area contributed by atoms with Crippen molar-refractivity contribution in [3.63, 3.8) is 0 Å². The first-order valence-corrected chi connectivity index (χ1v) is 12.1. The zero-order valence-electron chi connectivity index (χ0n) is 20.2. The summed E-state index contributed by atoms with van der Waals surface area (Å²) in [6.07, 6.45) is 2.74. The quantitative estimate of drug-likeness (QED) is 0.437. The van der Waals surface area contributed by atoms with Crippen molar-refractivity contribution in [2.45, 2.75) is 71.9 Å². The van der Waals surface area contributed by atoms with Crippen molar-refractivity contribution in [2.24, 2.45) is 5.92 Å². The Morgan fingerprint density at radius 3 is 2.71 bits per heavy atom. The minimum Gasteiger partial charge on any atom is -0.489 e. The summed E-state index contributed by atoms with van der Waals surface area (Å²) in [7, 11) is 0. The summed E-state index contributed by atoms with van der Waals surface area (Å²) in [5.41, 5.74) is 2.86. The Morgan fingerprint density at radius 2 is 2.00 bits per heavy atom. The Labute approximate surface area is 208 Å². The number of halogens is 1. The van der Waals surface area contributed by atoms with Crippen LogP contribution in [0.3, 0.4) is 0 Å². The second kappa shape index (κ2) is 10.6. The van der Waals surface area contributed by atoms with Crippen molar-refractivity contribution in [2.75, 3.05) is 5.32 Å². The molecule has 2 N–H and O–H groups in total. The predicted molar refractivity (Wildman–Crippen MR) is 129 cm³/mol. The van der Waals surface area contributed by atoms with Gasteiger partial charge in [0, 0.05) is 18.0 Å². The van der Waals surface area contributed by atoms with Crippen LogP contribution in [0.25, 0.3) is 11.5 Å². The second-order valence-corrected chi connectivity index (χ2v) is 9.43. The van der Waals surface area contributed by atoms with Gasteiger partial charge in [-0.15, -0.1) is 0 Å². The number of aromatic nitrogens is 5. The highest BCUT2D eigenvalue weighted by Gasteiger charge is 2.28. The van der Waals surface area contributed by atoms with Gasteiger partial charge in [-0.3, -0.25) is 4.79 Å². The van der Waals surface area contributed by atoms with Crippen LogP contribution in [0, 0.1) is 19.8 Å². The highest BCUT2D eigenvalue weighted by Crippen LogP contribution is 2.32. The van der Waals surface area contributed by atoms with E-state index in [-0.39, 0.29) is 23.2 Å². The summed E-state index contributed by atoms with van der Waals surface area (Å²) in [4.78, 5) is 28.8. The predicted octanol–water partition coefficient (Wildman–Crippen LogP) is 4.95. The SMILES string of the molecule is Cc1nc(-c2onc(C)c2CNc2nc(Cl)nc(C(C)C)n2)ccc1O[C@H]1CCC[C@H](C(=O)O)C1. The summed E-state index contributed by atoms with van der Waals surface area (Å²) >= 11 is 6.05. The monoisotopic (exact) mass is 500 g/mol. The van der Waals surface area contributed by atoms with E-state index in [1.54, 1.807) is 0 Å². The molecule has 0 aliphatic heterocycles. The zero-order chi connectivity index (χ0) is 25.1. The number of aliphatic carboxylic acids is 1. The van der Waals surface area contributed by atoms with E-state index in [2.05, 4.69) is 30.4 Å². The summed E-state index contributed by atoms with van der Waals surface area (Å²) in [5, 5.41) is 16.8. The molecule has 0 saturated heterocycles. The molecular formula is C24H29ClN6O4. The number of hydrogen-bond acceptors (Lipinski definition) is 9. The smallest absolute Gasteiger partial charge is 0.306 e. The maximum Gasteiger partial charge on any atom is 0.306 e. The van der Waals surface area contributed by atoms with Crippen LogP contribution in [0.4, 0.5) is 5.95 Å². The Bertz CT molecular complexity index is 1210. The lowest BCUT2D eigenvalue weighted by molar-refractivity contribution is -0.143. The third-order valence-corrected chi connectivity index (χ3v) is 6.26. The van der Waals surface area contributed by atoms with Gasteiger partial charge < -0.3 is 19.7 Å². The molecule has 35 heavy (non-hydrogen) atoms. The van der Waals surface area contributed by atoms with Gasteiger partial charge in [0.1, 0.15) is 17.3 Å². The van der Waals surface area contributed by atoms with E-state index in [9.17, 15) is 9.90 Å². The highest BCUT2D eigenvalue weighted by molar-refractivity contribution is 6.28. The average molecular weight is 501 g/mol. The van der Waals surface area contributed by atoms with Crippen molar-refractivity contribution >= 4 is 23.5 Å². The fourth-order valence-electron chi connectivity index (χ4n) is 4.12. The molecule has 2 atom stereocenters. The van der Waals surface area contributed by atoms with Gasteiger partial charge in [0.25, 0.3) is 0 Å². The Balaban J connectivity index is 1.50. The lowest BCUT2D eigenvalue weighted by atomic mass is 9.87. The topological polar surface area (TPSA) is 136 Å². The largest absolute Gasteiger partial charge is 0.489 e. The molecule has 3 aromatic rings. The Kier molecular flexibility index (Phi) is 7.49. The van der Waals surface area contributed by atoms with Crippen molar-refractivity contribution in [3.05, 3.63) is 40.2 Å². The van der Waals surface area contributed by atoms with E-state index >= 15 is 0 Å². The van der Waals surface area contributed by atoms with Gasteiger partial charge in [0.2, 0.25) is 11.2 Å². The standard InChI is InChI=1S/C24H29ClN6O4/c1-12(2)21-28-23(25)30-24(29-21)26-11-17-13(3)31-35-20(17)18-8-9-19(14(4)27-18)34-16-7-5-6-15(10-16)22(32)33/h8-9,12,15-16H,5-7,10-11H2,1-4H3,(H,32,33)(H,26,28,29,30)/t15-,16-/m0/s1. The van der Waals surface area contributed by atoms with Gasteiger partial charge in [0.15, 0.2) is 5.76 Å². The number of hydrogen-bond donors (Lipinski definition) is 2. The molecule has 0 amide bonds. The van der Waals surface area contributed by atoms with Gasteiger partial charge in [-0.2, -0.15) is 9.97 Å². The maximum absolute atomic E-state index is 11.4. The van der Waals surface area contributed by atoms with E-state index in [0.29, 0.717) is 54.1 Å². The molecule has 0 unspecified atom stereocenters. The van der Waals surface area contributed by atoms with E-state index in [4.69, 9.17) is 20.9 Å². The first-order chi connectivity index (χ1) is 16.7. The number of carboxylic acids is 1. The Morgan fingerprint density at radius 1 is 1.20 bits per heavy atom. The van der Waals surface area contributed by atoms with Crippen LogP contribution in [0.15, 0.2) is 16.7 Å². The van der Waals surface area contributed by atoms with Gasteiger partial charge in [-0.05, 0) is 63.3 Å². The molecule has 0 bridgehead atoms. The van der Waals surface area contributed by atoms with Gasteiger partial charge in [-0.1, -0.05) is 19.0 Å². The summed E-state index contributed by atoms with van der Waals surface area (Å²) in [5.74, 6) is 1.16.